The molecule has 0 aromatic heterocycles. The second kappa shape index (κ2) is 8.84. The van der Waals surface area contributed by atoms with Gasteiger partial charge in [-0.2, -0.15) is 13.2 Å². The Bertz CT molecular complexity index is 681. The summed E-state index contributed by atoms with van der Waals surface area (Å²) < 4.78 is 31.7. The number of aliphatic carboxylic acids is 1. The Morgan fingerprint density at radius 2 is 1.81 bits per heavy atom. The molecule has 0 aliphatic carbocycles. The average molecular weight is 370 g/mol. The zero-order valence-corrected chi connectivity index (χ0v) is 14.2. The van der Waals surface area contributed by atoms with Crippen LogP contribution in [0.2, 0.25) is 0 Å². The SMILES string of the molecule is O=C(/C=C/c1ccc2c(c1)CCNC2)N1CCCC1.O=C(O)C(F)(F)F. The fourth-order valence-corrected chi connectivity index (χ4v) is 2.81. The number of alkyl halides is 3. The number of carboxylic acid groups (broad SMARTS) is 1. The van der Waals surface area contributed by atoms with Crippen LogP contribution in [-0.4, -0.2) is 47.7 Å². The van der Waals surface area contributed by atoms with E-state index in [0.717, 1.165) is 51.0 Å². The van der Waals surface area contributed by atoms with Crippen molar-refractivity contribution in [1.82, 2.24) is 10.2 Å². The van der Waals surface area contributed by atoms with Crippen LogP contribution in [0, 0.1) is 0 Å². The van der Waals surface area contributed by atoms with E-state index in [9.17, 15) is 18.0 Å². The fourth-order valence-electron chi connectivity index (χ4n) is 2.81. The molecule has 1 aromatic rings. The molecule has 5 nitrogen and oxygen atoms in total. The van der Waals surface area contributed by atoms with E-state index in [1.165, 1.54) is 11.1 Å². The van der Waals surface area contributed by atoms with Crippen LogP contribution >= 0.6 is 0 Å². The molecule has 1 aromatic carbocycles. The van der Waals surface area contributed by atoms with Crippen molar-refractivity contribution in [2.75, 3.05) is 19.6 Å². The molecule has 0 saturated carbocycles. The van der Waals surface area contributed by atoms with Gasteiger partial charge in [-0.1, -0.05) is 18.2 Å². The summed E-state index contributed by atoms with van der Waals surface area (Å²) in [7, 11) is 0. The molecule has 0 spiro atoms. The predicted octanol–water partition coefficient (Wildman–Crippen LogP) is 2.60. The van der Waals surface area contributed by atoms with Crippen molar-refractivity contribution in [2.45, 2.75) is 32.0 Å². The lowest BCUT2D eigenvalue weighted by atomic mass is 9.98. The number of nitrogens with zero attached hydrogens (tertiary/aromatic N) is 1. The Morgan fingerprint density at radius 3 is 2.42 bits per heavy atom. The number of fused-ring (bicyclic) bond motifs is 1. The van der Waals surface area contributed by atoms with E-state index in [0.29, 0.717) is 0 Å². The number of carboxylic acids is 1. The number of amides is 1. The van der Waals surface area contributed by atoms with Gasteiger partial charge in [0.15, 0.2) is 0 Å². The largest absolute Gasteiger partial charge is 0.490 e. The molecule has 26 heavy (non-hydrogen) atoms. The van der Waals surface area contributed by atoms with E-state index in [-0.39, 0.29) is 5.91 Å². The summed E-state index contributed by atoms with van der Waals surface area (Å²) in [5, 5.41) is 10.5. The van der Waals surface area contributed by atoms with Crippen LogP contribution in [0.25, 0.3) is 6.08 Å². The normalized spacial score (nSPS) is 16.8. The van der Waals surface area contributed by atoms with Gasteiger partial charge in [-0.15, -0.1) is 0 Å². The number of carbonyl (C=O) groups is 2. The van der Waals surface area contributed by atoms with E-state index in [1.807, 2.05) is 11.0 Å². The van der Waals surface area contributed by atoms with Crippen molar-refractivity contribution in [3.63, 3.8) is 0 Å². The maximum atomic E-state index is 11.9. The minimum atomic E-state index is -5.08. The maximum absolute atomic E-state index is 11.9. The van der Waals surface area contributed by atoms with Crippen molar-refractivity contribution in [1.29, 1.82) is 0 Å². The molecule has 2 N–H and O–H groups in total. The molecular formula is C18H21F3N2O3. The lowest BCUT2D eigenvalue weighted by molar-refractivity contribution is -0.192. The monoisotopic (exact) mass is 370 g/mol. The van der Waals surface area contributed by atoms with E-state index in [2.05, 4.69) is 23.5 Å². The van der Waals surface area contributed by atoms with E-state index >= 15 is 0 Å². The molecule has 1 amide bonds. The first-order valence-electron chi connectivity index (χ1n) is 8.37. The first kappa shape index (κ1) is 20.0. The average Bonchev–Trinajstić information content (AvgIpc) is 3.14. The van der Waals surface area contributed by atoms with Gasteiger partial charge < -0.3 is 15.3 Å². The molecule has 2 heterocycles. The topological polar surface area (TPSA) is 69.6 Å². The summed E-state index contributed by atoms with van der Waals surface area (Å²) in [4.78, 5) is 22.8. The van der Waals surface area contributed by atoms with Crippen molar-refractivity contribution in [3.05, 3.63) is 41.0 Å². The highest BCUT2D eigenvalue weighted by Gasteiger charge is 2.38. The third-order valence-electron chi connectivity index (χ3n) is 4.20. The summed E-state index contributed by atoms with van der Waals surface area (Å²) in [6, 6.07) is 6.48. The molecular weight excluding hydrogens is 349 g/mol. The summed E-state index contributed by atoms with van der Waals surface area (Å²) in [5.41, 5.74) is 3.93. The Morgan fingerprint density at radius 1 is 1.15 bits per heavy atom. The van der Waals surface area contributed by atoms with Crippen LogP contribution in [0.5, 0.6) is 0 Å². The Hall–Kier alpha value is -2.35. The summed E-state index contributed by atoms with van der Waals surface area (Å²) >= 11 is 0. The molecule has 1 saturated heterocycles. The molecule has 1 fully saturated rings. The van der Waals surface area contributed by atoms with Crippen LogP contribution < -0.4 is 5.32 Å². The molecule has 0 atom stereocenters. The van der Waals surface area contributed by atoms with Crippen LogP contribution in [-0.2, 0) is 22.6 Å². The number of rotatable bonds is 2. The molecule has 142 valence electrons. The standard InChI is InChI=1S/C16H20N2O.C2HF3O2/c19-16(18-9-1-2-10-18)6-4-13-3-5-15-12-17-8-7-14(15)11-13;3-2(4,5)1(6)7/h3-6,11,17H,1-2,7-10,12H2;(H,6,7)/b6-4+;. The highest BCUT2D eigenvalue weighted by atomic mass is 19.4. The van der Waals surface area contributed by atoms with Gasteiger partial charge in [-0.05, 0) is 48.6 Å². The smallest absolute Gasteiger partial charge is 0.475 e. The first-order valence-corrected chi connectivity index (χ1v) is 8.37. The van der Waals surface area contributed by atoms with Crippen LogP contribution in [0.4, 0.5) is 13.2 Å². The van der Waals surface area contributed by atoms with Gasteiger partial charge in [-0.3, -0.25) is 4.79 Å². The van der Waals surface area contributed by atoms with E-state index in [1.54, 1.807) is 6.08 Å². The third-order valence-corrected chi connectivity index (χ3v) is 4.20. The molecule has 0 bridgehead atoms. The predicted molar refractivity (Wildman–Crippen MR) is 90.4 cm³/mol. The van der Waals surface area contributed by atoms with Gasteiger partial charge in [0.1, 0.15) is 0 Å². The number of benzene rings is 1. The van der Waals surface area contributed by atoms with E-state index < -0.39 is 12.1 Å². The second-order valence-corrected chi connectivity index (χ2v) is 6.12. The van der Waals surface area contributed by atoms with Gasteiger partial charge in [0.2, 0.25) is 5.91 Å². The molecule has 3 rings (SSSR count). The first-order chi connectivity index (χ1) is 12.3. The highest BCUT2D eigenvalue weighted by molar-refractivity contribution is 5.91. The van der Waals surface area contributed by atoms with Crippen molar-refractivity contribution >= 4 is 18.0 Å². The lowest BCUT2D eigenvalue weighted by Crippen LogP contribution is -2.25. The third kappa shape index (κ3) is 5.87. The van der Waals surface area contributed by atoms with Gasteiger partial charge in [0.05, 0.1) is 0 Å². The second-order valence-electron chi connectivity index (χ2n) is 6.12. The summed E-state index contributed by atoms with van der Waals surface area (Å²) in [6.07, 6.45) is 1.95. The number of carbonyl (C=O) groups excluding carboxylic acids is 1. The molecule has 0 unspecified atom stereocenters. The number of hydrogen-bond donors (Lipinski definition) is 2. The maximum Gasteiger partial charge on any atom is 0.490 e. The number of nitrogens with one attached hydrogen (secondary N) is 1. The summed E-state index contributed by atoms with van der Waals surface area (Å²) in [5.74, 6) is -2.61. The number of hydrogen-bond acceptors (Lipinski definition) is 3. The molecule has 2 aliphatic heterocycles. The Labute approximate surface area is 149 Å². The quantitative estimate of drug-likeness (QED) is 0.786. The zero-order chi connectivity index (χ0) is 19.2. The molecule has 0 radical (unpaired) electrons. The fraction of sp³-hybridized carbons (Fsp3) is 0.444. The van der Waals surface area contributed by atoms with Crippen molar-refractivity contribution in [2.24, 2.45) is 0 Å². The Balaban J connectivity index is 0.000000298. The summed E-state index contributed by atoms with van der Waals surface area (Å²) in [6.45, 7) is 3.84. The minimum Gasteiger partial charge on any atom is -0.475 e. The number of likely N-dealkylation sites (tertiary alicyclic amines) is 1. The lowest BCUT2D eigenvalue weighted by Gasteiger charge is -2.17. The van der Waals surface area contributed by atoms with Gasteiger partial charge in [-0.25, -0.2) is 4.79 Å². The van der Waals surface area contributed by atoms with Gasteiger partial charge >= 0.3 is 12.1 Å². The minimum absolute atomic E-state index is 0.150. The van der Waals surface area contributed by atoms with E-state index in [4.69, 9.17) is 9.90 Å². The zero-order valence-electron chi connectivity index (χ0n) is 14.2. The van der Waals surface area contributed by atoms with Gasteiger partial charge in [0.25, 0.3) is 0 Å². The van der Waals surface area contributed by atoms with Crippen molar-refractivity contribution in [3.8, 4) is 0 Å². The van der Waals surface area contributed by atoms with Crippen LogP contribution in [0.1, 0.15) is 29.5 Å². The number of halogens is 3. The van der Waals surface area contributed by atoms with Crippen LogP contribution in [0.15, 0.2) is 24.3 Å². The van der Waals surface area contributed by atoms with Crippen LogP contribution in [0.3, 0.4) is 0 Å². The van der Waals surface area contributed by atoms with Gasteiger partial charge in [0, 0.05) is 25.7 Å². The Kier molecular flexibility index (Phi) is 6.79. The highest BCUT2D eigenvalue weighted by Crippen LogP contribution is 2.17. The molecule has 8 heteroatoms. The molecule has 2 aliphatic rings. The van der Waals surface area contributed by atoms with Crippen molar-refractivity contribution < 1.29 is 27.9 Å².